The molecule has 1 N–H and O–H groups in total. The molecule has 0 saturated carbocycles. The summed E-state index contributed by atoms with van der Waals surface area (Å²) in [7, 11) is -1.00. The van der Waals surface area contributed by atoms with Crippen LogP contribution < -0.4 is 14.9 Å². The van der Waals surface area contributed by atoms with E-state index in [2.05, 4.69) is 10.5 Å². The number of aryl methyl sites for hydroxylation is 1. The molecule has 0 aliphatic rings. The summed E-state index contributed by atoms with van der Waals surface area (Å²) < 4.78 is 37.6. The Morgan fingerprint density at radius 1 is 1.03 bits per heavy atom. The van der Waals surface area contributed by atoms with Gasteiger partial charge in [-0.05, 0) is 48.4 Å². The van der Waals surface area contributed by atoms with E-state index in [1.165, 1.54) is 32.5 Å². The molecular formula is C25H27N3O5S. The van der Waals surface area contributed by atoms with Crippen LogP contribution in [0.25, 0.3) is 0 Å². The quantitative estimate of drug-likeness (QED) is 0.354. The molecule has 8 nitrogen and oxygen atoms in total. The van der Waals surface area contributed by atoms with Crippen LogP contribution in [-0.4, -0.2) is 45.5 Å². The van der Waals surface area contributed by atoms with Crippen LogP contribution in [0.3, 0.4) is 0 Å². The number of carbonyl (C=O) groups excluding carboxylic acids is 1. The summed E-state index contributed by atoms with van der Waals surface area (Å²) in [6, 6.07) is 21.6. The van der Waals surface area contributed by atoms with E-state index in [0.29, 0.717) is 29.2 Å². The van der Waals surface area contributed by atoms with E-state index < -0.39 is 22.5 Å². The van der Waals surface area contributed by atoms with Gasteiger partial charge in [-0.2, -0.15) is 9.41 Å². The third kappa shape index (κ3) is 6.43. The number of hydrogen-bond donors (Lipinski definition) is 1. The molecule has 178 valence electrons. The van der Waals surface area contributed by atoms with Crippen LogP contribution in [0.15, 0.2) is 82.8 Å². The highest BCUT2D eigenvalue weighted by Gasteiger charge is 2.23. The number of hydrazone groups is 1. The summed E-state index contributed by atoms with van der Waals surface area (Å²) in [6.45, 7) is 1.75. The van der Waals surface area contributed by atoms with Gasteiger partial charge in [0.2, 0.25) is 10.0 Å². The molecule has 0 radical (unpaired) electrons. The van der Waals surface area contributed by atoms with Crippen LogP contribution >= 0.6 is 0 Å². The predicted octanol–water partition coefficient (Wildman–Crippen LogP) is 3.35. The molecule has 0 atom stereocenters. The number of amides is 1. The van der Waals surface area contributed by atoms with Crippen molar-refractivity contribution in [2.45, 2.75) is 18.4 Å². The number of hydrogen-bond acceptors (Lipinski definition) is 6. The number of benzene rings is 3. The Kier molecular flexibility index (Phi) is 8.39. The zero-order chi connectivity index (χ0) is 24.6. The van der Waals surface area contributed by atoms with Crippen molar-refractivity contribution < 1.29 is 22.7 Å². The van der Waals surface area contributed by atoms with Gasteiger partial charge in [0.1, 0.15) is 18.1 Å². The minimum absolute atomic E-state index is 0.0779. The van der Waals surface area contributed by atoms with E-state index in [1.54, 1.807) is 19.1 Å². The number of nitrogens with zero attached hydrogens (tertiary/aromatic N) is 2. The molecule has 3 aromatic rings. The predicted molar refractivity (Wildman–Crippen MR) is 130 cm³/mol. The van der Waals surface area contributed by atoms with Gasteiger partial charge in [-0.3, -0.25) is 4.79 Å². The Labute approximate surface area is 199 Å². The average Bonchev–Trinajstić information content (AvgIpc) is 2.84. The van der Waals surface area contributed by atoms with Crippen molar-refractivity contribution in [1.82, 2.24) is 9.73 Å². The Morgan fingerprint density at radius 3 is 2.44 bits per heavy atom. The number of rotatable bonds is 10. The SMILES string of the molecule is COc1ccc(S(=O)(=O)N(C)CC(=O)N/N=C\c2ccccc2OCc2ccccc2)cc1C. The van der Waals surface area contributed by atoms with Crippen molar-refractivity contribution in [3.63, 3.8) is 0 Å². The lowest BCUT2D eigenvalue weighted by Crippen LogP contribution is -2.36. The third-order valence-electron chi connectivity index (χ3n) is 4.99. The number of sulfonamides is 1. The van der Waals surface area contributed by atoms with Gasteiger partial charge < -0.3 is 9.47 Å². The third-order valence-corrected chi connectivity index (χ3v) is 6.79. The Bertz CT molecular complexity index is 1260. The second kappa shape index (κ2) is 11.4. The summed E-state index contributed by atoms with van der Waals surface area (Å²) in [5, 5.41) is 3.96. The average molecular weight is 482 g/mol. The van der Waals surface area contributed by atoms with Crippen molar-refractivity contribution in [1.29, 1.82) is 0 Å². The number of para-hydroxylation sites is 1. The van der Waals surface area contributed by atoms with Crippen molar-refractivity contribution in [3.8, 4) is 11.5 Å². The Morgan fingerprint density at radius 2 is 1.74 bits per heavy atom. The first-order valence-corrected chi connectivity index (χ1v) is 11.9. The summed E-state index contributed by atoms with van der Waals surface area (Å²) in [5.74, 6) is 0.621. The summed E-state index contributed by atoms with van der Waals surface area (Å²) in [6.07, 6.45) is 1.46. The van der Waals surface area contributed by atoms with Crippen LogP contribution in [0.4, 0.5) is 0 Å². The molecule has 0 bridgehead atoms. The second-order valence-corrected chi connectivity index (χ2v) is 9.54. The molecule has 0 aliphatic heterocycles. The highest BCUT2D eigenvalue weighted by Crippen LogP contribution is 2.23. The van der Waals surface area contributed by atoms with Gasteiger partial charge >= 0.3 is 0 Å². The lowest BCUT2D eigenvalue weighted by atomic mass is 10.2. The molecule has 0 spiro atoms. The monoisotopic (exact) mass is 481 g/mol. The first-order chi connectivity index (χ1) is 16.3. The van der Waals surface area contributed by atoms with E-state index in [4.69, 9.17) is 9.47 Å². The number of ether oxygens (including phenoxy) is 2. The van der Waals surface area contributed by atoms with Gasteiger partial charge in [-0.15, -0.1) is 0 Å². The number of carbonyl (C=O) groups is 1. The van der Waals surface area contributed by atoms with Crippen molar-refractivity contribution >= 4 is 22.1 Å². The molecule has 0 saturated heterocycles. The minimum atomic E-state index is -3.85. The number of nitrogens with one attached hydrogen (secondary N) is 1. The van der Waals surface area contributed by atoms with E-state index in [9.17, 15) is 13.2 Å². The molecule has 0 heterocycles. The highest BCUT2D eigenvalue weighted by molar-refractivity contribution is 7.89. The van der Waals surface area contributed by atoms with Gasteiger partial charge in [0.05, 0.1) is 24.8 Å². The second-order valence-electron chi connectivity index (χ2n) is 7.50. The fourth-order valence-corrected chi connectivity index (χ4v) is 4.35. The fourth-order valence-electron chi connectivity index (χ4n) is 3.14. The fraction of sp³-hybridized carbons (Fsp3) is 0.200. The van der Waals surface area contributed by atoms with Gasteiger partial charge in [0.25, 0.3) is 5.91 Å². The zero-order valence-electron chi connectivity index (χ0n) is 19.3. The summed E-state index contributed by atoms with van der Waals surface area (Å²) >= 11 is 0. The van der Waals surface area contributed by atoms with Crippen LogP contribution in [0.2, 0.25) is 0 Å². The molecule has 0 unspecified atom stereocenters. The van der Waals surface area contributed by atoms with Gasteiger partial charge in [0.15, 0.2) is 0 Å². The molecular weight excluding hydrogens is 454 g/mol. The first kappa shape index (κ1) is 24.9. The number of likely N-dealkylation sites (N-methyl/N-ethyl adjacent to an activating group) is 1. The maximum Gasteiger partial charge on any atom is 0.255 e. The largest absolute Gasteiger partial charge is 0.496 e. The van der Waals surface area contributed by atoms with Crippen LogP contribution in [0.1, 0.15) is 16.7 Å². The summed E-state index contributed by atoms with van der Waals surface area (Å²) in [4.78, 5) is 12.4. The van der Waals surface area contributed by atoms with Gasteiger partial charge in [-0.25, -0.2) is 13.8 Å². The minimum Gasteiger partial charge on any atom is -0.496 e. The molecule has 34 heavy (non-hydrogen) atoms. The smallest absolute Gasteiger partial charge is 0.255 e. The lowest BCUT2D eigenvalue weighted by Gasteiger charge is -2.17. The van der Waals surface area contributed by atoms with E-state index in [1.807, 2.05) is 48.5 Å². The van der Waals surface area contributed by atoms with Gasteiger partial charge in [0, 0.05) is 12.6 Å². The molecule has 0 aliphatic carbocycles. The molecule has 1 amide bonds. The summed E-state index contributed by atoms with van der Waals surface area (Å²) in [5.41, 5.74) is 4.75. The first-order valence-electron chi connectivity index (χ1n) is 10.5. The maximum absolute atomic E-state index is 12.8. The topological polar surface area (TPSA) is 97.3 Å². The van der Waals surface area contributed by atoms with Crippen LogP contribution in [0, 0.1) is 6.92 Å². The Hall–Kier alpha value is -3.69. The van der Waals surface area contributed by atoms with Crippen molar-refractivity contribution in [2.24, 2.45) is 5.10 Å². The van der Waals surface area contributed by atoms with E-state index in [0.717, 1.165) is 9.87 Å². The molecule has 0 fully saturated rings. The molecule has 9 heteroatoms. The van der Waals surface area contributed by atoms with E-state index in [-0.39, 0.29) is 4.90 Å². The van der Waals surface area contributed by atoms with Crippen molar-refractivity contribution in [2.75, 3.05) is 20.7 Å². The molecule has 0 aromatic heterocycles. The number of methoxy groups -OCH3 is 1. The van der Waals surface area contributed by atoms with Crippen molar-refractivity contribution in [3.05, 3.63) is 89.5 Å². The van der Waals surface area contributed by atoms with Crippen LogP contribution in [-0.2, 0) is 21.4 Å². The lowest BCUT2D eigenvalue weighted by molar-refractivity contribution is -0.121. The molecule has 3 rings (SSSR count). The van der Waals surface area contributed by atoms with Gasteiger partial charge in [-0.1, -0.05) is 42.5 Å². The normalized spacial score (nSPS) is 11.5. The zero-order valence-corrected chi connectivity index (χ0v) is 20.1. The standard InChI is InChI=1S/C25H27N3O5S/c1-19-15-22(13-14-23(19)32-3)34(30,31)28(2)17-25(29)27-26-16-21-11-7-8-12-24(21)33-18-20-9-5-4-6-10-20/h4-16H,17-18H2,1-3H3,(H,27,29)/b26-16-. The Balaban J connectivity index is 1.59. The van der Waals surface area contributed by atoms with E-state index >= 15 is 0 Å². The molecule has 3 aromatic carbocycles. The highest BCUT2D eigenvalue weighted by atomic mass is 32.2. The maximum atomic E-state index is 12.8. The van der Waals surface area contributed by atoms with Crippen LogP contribution in [0.5, 0.6) is 11.5 Å².